The number of benzene rings is 1. The summed E-state index contributed by atoms with van der Waals surface area (Å²) in [4.78, 5) is 34.8. The number of nitrogens with zero attached hydrogens (tertiary/aromatic N) is 1. The van der Waals surface area contributed by atoms with Gasteiger partial charge >= 0.3 is 6.03 Å². The van der Waals surface area contributed by atoms with Gasteiger partial charge in [-0.2, -0.15) is 0 Å². The molecule has 1 aromatic carbocycles. The van der Waals surface area contributed by atoms with Crippen molar-refractivity contribution in [1.29, 1.82) is 0 Å². The van der Waals surface area contributed by atoms with Crippen LogP contribution in [0.3, 0.4) is 0 Å². The van der Waals surface area contributed by atoms with Crippen LogP contribution in [0.5, 0.6) is 0 Å². The van der Waals surface area contributed by atoms with Crippen LogP contribution in [-0.4, -0.2) is 23.7 Å². The predicted octanol–water partition coefficient (Wildman–Crippen LogP) is 1.51. The van der Waals surface area contributed by atoms with Gasteiger partial charge in [-0.05, 0) is 35.9 Å². The second kappa shape index (κ2) is 4.55. The summed E-state index contributed by atoms with van der Waals surface area (Å²) in [5, 5.41) is 1.67. The molecule has 17 heavy (non-hydrogen) atoms. The number of carbonyl (C=O) groups excluding carboxylic acids is 3. The minimum absolute atomic E-state index is 0.266. The molecule has 0 saturated carbocycles. The lowest BCUT2D eigenvalue weighted by molar-refractivity contribution is -0.120. The van der Waals surface area contributed by atoms with Crippen molar-refractivity contribution < 1.29 is 14.4 Å². The number of nitrogens with one attached hydrogen (secondary N) is 1. The molecule has 1 fully saturated rings. The zero-order chi connectivity index (χ0) is 12.4. The summed E-state index contributed by atoms with van der Waals surface area (Å²) >= 11 is 5.31. The standard InChI is InChI=1S/C11H9ClN2O3/c12-10(16)7-1-3-8(4-2-7)14-6-5-9(15)13-11(14)17/h1-4H,5-6H2,(H,13,15,17). The van der Waals surface area contributed by atoms with E-state index in [-0.39, 0.29) is 12.3 Å². The summed E-state index contributed by atoms with van der Waals surface area (Å²) in [6.07, 6.45) is 0.266. The zero-order valence-electron chi connectivity index (χ0n) is 8.77. The Kier molecular flexibility index (Phi) is 3.10. The monoisotopic (exact) mass is 252 g/mol. The first-order valence-corrected chi connectivity index (χ1v) is 5.37. The molecular weight excluding hydrogens is 244 g/mol. The molecule has 0 aliphatic carbocycles. The lowest BCUT2D eigenvalue weighted by atomic mass is 10.2. The molecule has 2 rings (SSSR count). The van der Waals surface area contributed by atoms with Gasteiger partial charge in [-0.15, -0.1) is 0 Å². The van der Waals surface area contributed by atoms with Gasteiger partial charge in [-0.3, -0.25) is 19.8 Å². The molecule has 88 valence electrons. The predicted molar refractivity (Wildman–Crippen MR) is 62.1 cm³/mol. The maximum atomic E-state index is 11.5. The SMILES string of the molecule is O=C1CCN(c2ccc(C(=O)Cl)cc2)C(=O)N1. The van der Waals surface area contributed by atoms with Crippen LogP contribution in [0.2, 0.25) is 0 Å². The number of hydrogen-bond acceptors (Lipinski definition) is 3. The van der Waals surface area contributed by atoms with Crippen LogP contribution >= 0.6 is 11.6 Å². The molecule has 0 radical (unpaired) electrons. The molecule has 1 saturated heterocycles. The summed E-state index contributed by atoms with van der Waals surface area (Å²) in [6.45, 7) is 0.332. The number of rotatable bonds is 2. The number of anilines is 1. The number of amides is 3. The number of halogens is 1. The third-order valence-electron chi connectivity index (χ3n) is 2.46. The fraction of sp³-hybridized carbons (Fsp3) is 0.182. The molecule has 1 N–H and O–H groups in total. The highest BCUT2D eigenvalue weighted by atomic mass is 35.5. The van der Waals surface area contributed by atoms with Gasteiger partial charge in [-0.25, -0.2) is 4.79 Å². The normalized spacial score (nSPS) is 15.7. The van der Waals surface area contributed by atoms with E-state index in [1.54, 1.807) is 12.1 Å². The summed E-state index contributed by atoms with van der Waals surface area (Å²) in [5.74, 6) is -0.279. The topological polar surface area (TPSA) is 66.5 Å². The molecule has 0 atom stereocenters. The minimum atomic E-state index is -0.546. The van der Waals surface area contributed by atoms with Gasteiger partial charge in [-0.1, -0.05) is 0 Å². The average Bonchev–Trinajstić information content (AvgIpc) is 2.29. The summed E-state index contributed by atoms with van der Waals surface area (Å²) in [5.41, 5.74) is 0.987. The Bertz CT molecular complexity index is 484. The van der Waals surface area contributed by atoms with E-state index >= 15 is 0 Å². The molecule has 1 heterocycles. The Morgan fingerprint density at radius 1 is 1.24 bits per heavy atom. The molecule has 3 amide bonds. The van der Waals surface area contributed by atoms with Crippen molar-refractivity contribution >= 4 is 34.5 Å². The van der Waals surface area contributed by atoms with Gasteiger partial charge in [0.2, 0.25) is 5.91 Å². The Hall–Kier alpha value is -1.88. The second-order valence-electron chi connectivity index (χ2n) is 3.58. The summed E-state index contributed by atoms with van der Waals surface area (Å²) in [6, 6.07) is 5.85. The van der Waals surface area contributed by atoms with E-state index in [9.17, 15) is 14.4 Å². The van der Waals surface area contributed by atoms with Gasteiger partial charge in [0.15, 0.2) is 0 Å². The van der Waals surface area contributed by atoms with Crippen molar-refractivity contribution in [3.63, 3.8) is 0 Å². The van der Waals surface area contributed by atoms with E-state index in [0.29, 0.717) is 17.8 Å². The van der Waals surface area contributed by atoms with Crippen molar-refractivity contribution in [2.75, 3.05) is 11.4 Å². The van der Waals surface area contributed by atoms with E-state index in [0.717, 1.165) is 0 Å². The van der Waals surface area contributed by atoms with Crippen molar-refractivity contribution in [1.82, 2.24) is 5.32 Å². The van der Waals surface area contributed by atoms with Crippen LogP contribution in [0.25, 0.3) is 0 Å². The summed E-state index contributed by atoms with van der Waals surface area (Å²) in [7, 11) is 0. The number of urea groups is 1. The van der Waals surface area contributed by atoms with E-state index in [4.69, 9.17) is 11.6 Å². The van der Waals surface area contributed by atoms with Crippen molar-refractivity contribution in [3.05, 3.63) is 29.8 Å². The largest absolute Gasteiger partial charge is 0.328 e. The molecule has 0 unspecified atom stereocenters. The number of imide groups is 1. The third kappa shape index (κ3) is 2.45. The maximum absolute atomic E-state index is 11.5. The van der Waals surface area contributed by atoms with Gasteiger partial charge in [0, 0.05) is 24.2 Å². The van der Waals surface area contributed by atoms with E-state index < -0.39 is 11.3 Å². The van der Waals surface area contributed by atoms with Crippen molar-refractivity contribution in [2.24, 2.45) is 0 Å². The highest BCUT2D eigenvalue weighted by Gasteiger charge is 2.23. The Morgan fingerprint density at radius 3 is 2.41 bits per heavy atom. The molecule has 1 aliphatic heterocycles. The molecule has 0 aromatic heterocycles. The molecule has 0 spiro atoms. The van der Waals surface area contributed by atoms with E-state index in [2.05, 4.69) is 5.32 Å². The van der Waals surface area contributed by atoms with Gasteiger partial charge in [0.25, 0.3) is 5.24 Å². The summed E-state index contributed by atoms with van der Waals surface area (Å²) < 4.78 is 0. The fourth-order valence-electron chi connectivity index (χ4n) is 1.58. The maximum Gasteiger partial charge on any atom is 0.328 e. The van der Waals surface area contributed by atoms with E-state index in [1.165, 1.54) is 17.0 Å². The highest BCUT2D eigenvalue weighted by Crippen LogP contribution is 2.18. The van der Waals surface area contributed by atoms with Gasteiger partial charge < -0.3 is 0 Å². The Labute approximate surface area is 102 Å². The Morgan fingerprint density at radius 2 is 1.88 bits per heavy atom. The fourth-order valence-corrected chi connectivity index (χ4v) is 1.71. The lowest BCUT2D eigenvalue weighted by Gasteiger charge is -2.26. The first-order chi connectivity index (χ1) is 8.08. The second-order valence-corrected chi connectivity index (χ2v) is 3.92. The smallest absolute Gasteiger partial charge is 0.294 e. The molecular formula is C11H9ClN2O3. The minimum Gasteiger partial charge on any atom is -0.294 e. The quantitative estimate of drug-likeness (QED) is 0.812. The van der Waals surface area contributed by atoms with Crippen LogP contribution in [0.15, 0.2) is 24.3 Å². The molecule has 1 aromatic rings. The zero-order valence-corrected chi connectivity index (χ0v) is 9.53. The van der Waals surface area contributed by atoms with Crippen LogP contribution in [-0.2, 0) is 4.79 Å². The first kappa shape index (κ1) is 11.6. The molecule has 5 nitrogen and oxygen atoms in total. The van der Waals surface area contributed by atoms with Crippen LogP contribution < -0.4 is 10.2 Å². The van der Waals surface area contributed by atoms with Crippen molar-refractivity contribution in [3.8, 4) is 0 Å². The lowest BCUT2D eigenvalue weighted by Crippen LogP contribution is -2.49. The molecule has 6 heteroatoms. The van der Waals surface area contributed by atoms with Crippen LogP contribution in [0, 0.1) is 0 Å². The first-order valence-electron chi connectivity index (χ1n) is 4.99. The number of carbonyl (C=O) groups is 3. The van der Waals surface area contributed by atoms with Gasteiger partial charge in [0.1, 0.15) is 0 Å². The molecule has 0 bridgehead atoms. The Balaban J connectivity index is 2.20. The van der Waals surface area contributed by atoms with Crippen LogP contribution in [0.1, 0.15) is 16.8 Å². The van der Waals surface area contributed by atoms with Crippen LogP contribution in [0.4, 0.5) is 10.5 Å². The highest BCUT2D eigenvalue weighted by molar-refractivity contribution is 6.67. The average molecular weight is 253 g/mol. The van der Waals surface area contributed by atoms with Crippen molar-refractivity contribution in [2.45, 2.75) is 6.42 Å². The molecule has 1 aliphatic rings. The third-order valence-corrected chi connectivity index (χ3v) is 2.68. The van der Waals surface area contributed by atoms with E-state index in [1.807, 2.05) is 0 Å². The van der Waals surface area contributed by atoms with Gasteiger partial charge in [0.05, 0.1) is 0 Å². The number of hydrogen-bond donors (Lipinski definition) is 1.